The molecule has 4 aliphatic rings. The van der Waals surface area contributed by atoms with Crippen molar-refractivity contribution in [2.75, 3.05) is 13.2 Å². The second-order valence-corrected chi connectivity index (χ2v) is 13.9. The van der Waals surface area contributed by atoms with E-state index in [1.165, 1.54) is 43.0 Å². The molecular weight excluding hydrogens is 571 g/mol. The standard InChI is InChI=1S/C28H35FN4O8S/c1-4-16-13-28(16,26(36)32-42(38,39)19-6-7-19)30-25(35)22-12-18(15-33(22)24(34)14-27(2,3)37)41-31-21-9-10-40-23-8-5-17(29)11-20(21)23/h4-5,8,11,16,18-19,22,37H,1,6-7,9-10,12-15H2,2-3H3,(H,30,35)(H,32,36)/b31-21+/t16-,18?,22?,28+/m1/s1. The molecule has 2 heterocycles. The highest BCUT2D eigenvalue weighted by atomic mass is 32.2. The van der Waals surface area contributed by atoms with Crippen LogP contribution >= 0.6 is 0 Å². The molecule has 0 spiro atoms. The van der Waals surface area contributed by atoms with Crippen molar-refractivity contribution in [2.45, 2.75) is 80.9 Å². The van der Waals surface area contributed by atoms with Gasteiger partial charge in [-0.2, -0.15) is 0 Å². The minimum Gasteiger partial charge on any atom is -0.492 e. The van der Waals surface area contributed by atoms with Gasteiger partial charge in [-0.05, 0) is 51.3 Å². The van der Waals surface area contributed by atoms with E-state index in [1.54, 1.807) is 0 Å². The van der Waals surface area contributed by atoms with Crippen LogP contribution in [0.25, 0.3) is 0 Å². The lowest BCUT2D eigenvalue weighted by Crippen LogP contribution is -2.56. The molecule has 3 fully saturated rings. The van der Waals surface area contributed by atoms with Crippen LogP contribution in [-0.4, -0.2) is 83.5 Å². The Kier molecular flexibility index (Phi) is 7.81. The van der Waals surface area contributed by atoms with Crippen molar-refractivity contribution >= 4 is 33.5 Å². The van der Waals surface area contributed by atoms with Gasteiger partial charge >= 0.3 is 0 Å². The van der Waals surface area contributed by atoms with Gasteiger partial charge in [0.25, 0.3) is 5.91 Å². The number of fused-ring (bicyclic) bond motifs is 1. The fourth-order valence-corrected chi connectivity index (χ4v) is 6.73. The highest BCUT2D eigenvalue weighted by molar-refractivity contribution is 7.91. The van der Waals surface area contributed by atoms with Gasteiger partial charge in [-0.3, -0.25) is 19.1 Å². The van der Waals surface area contributed by atoms with Crippen LogP contribution in [0.5, 0.6) is 5.75 Å². The van der Waals surface area contributed by atoms with Gasteiger partial charge in [-0.15, -0.1) is 6.58 Å². The number of sulfonamides is 1. The van der Waals surface area contributed by atoms with E-state index in [1.807, 2.05) is 0 Å². The number of hydrogen-bond acceptors (Lipinski definition) is 9. The lowest BCUT2D eigenvalue weighted by atomic mass is 10.0. The van der Waals surface area contributed by atoms with E-state index in [2.05, 4.69) is 21.8 Å². The number of nitrogens with one attached hydrogen (secondary N) is 2. The number of carbonyl (C=O) groups excluding carboxylic acids is 3. The van der Waals surface area contributed by atoms with Crippen molar-refractivity contribution in [2.24, 2.45) is 11.1 Å². The molecule has 0 radical (unpaired) electrons. The van der Waals surface area contributed by atoms with Gasteiger partial charge in [0.1, 0.15) is 29.3 Å². The van der Waals surface area contributed by atoms with Crippen LogP contribution in [0.4, 0.5) is 4.39 Å². The van der Waals surface area contributed by atoms with Crippen molar-refractivity contribution in [3.63, 3.8) is 0 Å². The van der Waals surface area contributed by atoms with Gasteiger partial charge < -0.3 is 24.9 Å². The maximum atomic E-state index is 13.9. The molecule has 12 nitrogen and oxygen atoms in total. The van der Waals surface area contributed by atoms with Crippen LogP contribution in [0, 0.1) is 11.7 Å². The summed E-state index contributed by atoms with van der Waals surface area (Å²) in [6, 6.07) is 2.99. The number of oxime groups is 1. The molecule has 1 aromatic rings. The molecule has 1 saturated heterocycles. The van der Waals surface area contributed by atoms with Crippen LogP contribution in [0.2, 0.25) is 0 Å². The Hall–Kier alpha value is -3.52. The topological polar surface area (TPSA) is 164 Å². The molecule has 42 heavy (non-hydrogen) atoms. The normalized spacial score (nSPS) is 28.0. The molecule has 0 aromatic heterocycles. The number of rotatable bonds is 10. The summed E-state index contributed by atoms with van der Waals surface area (Å²) in [5.41, 5.74) is -1.96. The van der Waals surface area contributed by atoms with Gasteiger partial charge in [0, 0.05) is 24.3 Å². The van der Waals surface area contributed by atoms with E-state index in [0.29, 0.717) is 42.9 Å². The Labute approximate surface area is 243 Å². The molecule has 14 heteroatoms. The van der Waals surface area contributed by atoms with E-state index in [0.717, 1.165) is 0 Å². The fraction of sp³-hybridized carbons (Fsp3) is 0.571. The second-order valence-electron chi connectivity index (χ2n) is 12.0. The van der Waals surface area contributed by atoms with E-state index in [-0.39, 0.29) is 25.8 Å². The highest BCUT2D eigenvalue weighted by Crippen LogP contribution is 2.45. The number of likely N-dealkylation sites (tertiary alicyclic amines) is 1. The molecular formula is C28H35FN4O8S. The number of ether oxygens (including phenoxy) is 1. The fourth-order valence-electron chi connectivity index (χ4n) is 5.37. The van der Waals surface area contributed by atoms with Crippen molar-refractivity contribution in [3.05, 3.63) is 42.2 Å². The van der Waals surface area contributed by atoms with Crippen LogP contribution < -0.4 is 14.8 Å². The zero-order valence-corrected chi connectivity index (χ0v) is 24.3. The Morgan fingerprint density at radius 2 is 2.07 bits per heavy atom. The van der Waals surface area contributed by atoms with Gasteiger partial charge in [-0.1, -0.05) is 11.2 Å². The molecule has 2 unspecified atom stereocenters. The quantitative estimate of drug-likeness (QED) is 0.264. The van der Waals surface area contributed by atoms with E-state index < -0.39 is 68.0 Å². The summed E-state index contributed by atoms with van der Waals surface area (Å²) in [5.74, 6) is -2.52. The number of aliphatic hydroxyl groups is 1. The number of halogens is 1. The summed E-state index contributed by atoms with van der Waals surface area (Å²) in [4.78, 5) is 47.0. The minimum atomic E-state index is -3.86. The molecule has 2 aliphatic carbocycles. The van der Waals surface area contributed by atoms with E-state index in [9.17, 15) is 32.3 Å². The number of hydrogen-bond donors (Lipinski definition) is 3. The Morgan fingerprint density at radius 1 is 1.33 bits per heavy atom. The van der Waals surface area contributed by atoms with Crippen molar-refractivity contribution in [1.82, 2.24) is 14.9 Å². The predicted molar refractivity (Wildman–Crippen MR) is 148 cm³/mol. The molecule has 0 bridgehead atoms. The van der Waals surface area contributed by atoms with Crippen molar-refractivity contribution < 1.29 is 41.9 Å². The lowest BCUT2D eigenvalue weighted by Gasteiger charge is -2.28. The summed E-state index contributed by atoms with van der Waals surface area (Å²) in [6.07, 6.45) is 1.94. The average molecular weight is 607 g/mol. The molecule has 2 aliphatic heterocycles. The molecule has 2 saturated carbocycles. The van der Waals surface area contributed by atoms with E-state index >= 15 is 0 Å². The Bertz CT molecular complexity index is 1440. The third-order valence-electron chi connectivity index (χ3n) is 7.88. The van der Waals surface area contributed by atoms with Gasteiger partial charge in [0.05, 0.1) is 36.1 Å². The smallest absolute Gasteiger partial charge is 0.259 e. The summed E-state index contributed by atoms with van der Waals surface area (Å²) in [7, 11) is -3.86. The Balaban J connectivity index is 1.34. The van der Waals surface area contributed by atoms with E-state index in [4.69, 9.17) is 9.57 Å². The molecule has 228 valence electrons. The maximum absolute atomic E-state index is 13.9. The molecule has 1 aromatic carbocycles. The number of amides is 3. The molecule has 4 atom stereocenters. The van der Waals surface area contributed by atoms with Crippen LogP contribution in [0.15, 0.2) is 36.0 Å². The number of benzene rings is 1. The lowest BCUT2D eigenvalue weighted by molar-refractivity contribution is -0.142. The maximum Gasteiger partial charge on any atom is 0.259 e. The van der Waals surface area contributed by atoms with Crippen LogP contribution in [0.3, 0.4) is 0 Å². The summed E-state index contributed by atoms with van der Waals surface area (Å²) in [5, 5.41) is 16.5. The summed E-state index contributed by atoms with van der Waals surface area (Å²) in [6.45, 7) is 6.92. The zero-order chi connectivity index (χ0) is 30.4. The van der Waals surface area contributed by atoms with Crippen LogP contribution in [-0.2, 0) is 29.2 Å². The SMILES string of the molecule is C=C[C@@H]1C[C@@]1(NC(=O)C1CC(O/N=C2\CCOc3ccc(F)cc32)CN1C(=O)CC(C)(C)O)C(=O)NS(=O)(=O)C1CC1. The monoisotopic (exact) mass is 606 g/mol. The average Bonchev–Trinajstić information content (AvgIpc) is 3.83. The second kappa shape index (κ2) is 11.0. The molecule has 3 amide bonds. The first-order chi connectivity index (χ1) is 19.7. The highest BCUT2D eigenvalue weighted by Gasteiger charge is 2.62. The molecule has 5 rings (SSSR count). The molecule has 3 N–H and O–H groups in total. The predicted octanol–water partition coefficient (Wildman–Crippen LogP) is 1.13. The van der Waals surface area contributed by atoms with Crippen LogP contribution in [0.1, 0.15) is 57.9 Å². The van der Waals surface area contributed by atoms with Gasteiger partial charge in [0.2, 0.25) is 21.8 Å². The summed E-state index contributed by atoms with van der Waals surface area (Å²) < 4.78 is 46.4. The first kappa shape index (κ1) is 30.0. The third-order valence-corrected chi connectivity index (χ3v) is 9.70. The summed E-state index contributed by atoms with van der Waals surface area (Å²) >= 11 is 0. The number of nitrogens with zero attached hydrogens (tertiary/aromatic N) is 2. The minimum absolute atomic E-state index is 0.0174. The van der Waals surface area contributed by atoms with Crippen molar-refractivity contribution in [1.29, 1.82) is 0 Å². The largest absolute Gasteiger partial charge is 0.492 e. The third kappa shape index (κ3) is 6.28. The number of carbonyl (C=O) groups is 3. The van der Waals surface area contributed by atoms with Gasteiger partial charge in [-0.25, -0.2) is 12.8 Å². The first-order valence-corrected chi connectivity index (χ1v) is 15.4. The van der Waals surface area contributed by atoms with Crippen molar-refractivity contribution in [3.8, 4) is 5.75 Å². The Morgan fingerprint density at radius 3 is 2.71 bits per heavy atom. The first-order valence-electron chi connectivity index (χ1n) is 13.9. The van der Waals surface area contributed by atoms with Gasteiger partial charge in [0.15, 0.2) is 0 Å². The zero-order valence-electron chi connectivity index (χ0n) is 23.5.